The fraction of sp³-hybridized carbons (Fsp3) is 0.105. The van der Waals surface area contributed by atoms with Crippen molar-refractivity contribution in [3.05, 3.63) is 83.2 Å². The molecule has 0 N–H and O–H groups in total. The summed E-state index contributed by atoms with van der Waals surface area (Å²) in [7, 11) is 2.12. The molecule has 3 aromatic rings. The molecular formula is C19H16FOP. The van der Waals surface area contributed by atoms with E-state index in [0.29, 0.717) is 24.0 Å². The van der Waals surface area contributed by atoms with Gasteiger partial charge in [0, 0.05) is 5.56 Å². The Kier molecular flexibility index (Phi) is 4.31. The van der Waals surface area contributed by atoms with Crippen molar-refractivity contribution in [2.75, 3.05) is 0 Å². The van der Waals surface area contributed by atoms with Crippen LogP contribution in [0.5, 0.6) is 0 Å². The molecule has 1 atom stereocenters. The van der Waals surface area contributed by atoms with Gasteiger partial charge in [-0.1, -0.05) is 63.8 Å². The van der Waals surface area contributed by atoms with E-state index in [-0.39, 0.29) is 11.3 Å². The van der Waals surface area contributed by atoms with E-state index in [9.17, 15) is 9.18 Å². The van der Waals surface area contributed by atoms with Crippen LogP contribution in [0.4, 0.5) is 4.39 Å². The summed E-state index contributed by atoms with van der Waals surface area (Å²) in [6.45, 7) is 0. The normalized spacial score (nSPS) is 10.8. The monoisotopic (exact) mass is 310 g/mol. The maximum Gasteiger partial charge on any atom is 0.178 e. The Labute approximate surface area is 131 Å². The van der Waals surface area contributed by atoms with Gasteiger partial charge in [0.2, 0.25) is 0 Å². The molecule has 3 heteroatoms. The Morgan fingerprint density at radius 2 is 1.64 bits per heavy atom. The minimum atomic E-state index is -0.312. The summed E-state index contributed by atoms with van der Waals surface area (Å²) in [5.74, 6) is -0.312. The minimum absolute atomic E-state index is 0.174. The highest BCUT2D eigenvalue weighted by atomic mass is 31.0. The predicted octanol–water partition coefficient (Wildman–Crippen LogP) is 4.78. The third kappa shape index (κ3) is 2.93. The van der Waals surface area contributed by atoms with Crippen LogP contribution in [0, 0.1) is 5.82 Å². The lowest BCUT2D eigenvalue weighted by Crippen LogP contribution is -2.03. The van der Waals surface area contributed by atoms with Crippen LogP contribution >= 0.6 is 9.24 Å². The van der Waals surface area contributed by atoms with E-state index < -0.39 is 0 Å². The maximum absolute atomic E-state index is 14.1. The van der Waals surface area contributed by atoms with Gasteiger partial charge in [0.1, 0.15) is 5.82 Å². The molecule has 1 nitrogen and oxygen atoms in total. The third-order valence-corrected chi connectivity index (χ3v) is 4.22. The Hall–Kier alpha value is -2.05. The third-order valence-electron chi connectivity index (χ3n) is 3.91. The molecule has 0 saturated heterocycles. The highest BCUT2D eigenvalue weighted by Gasteiger charge is 2.12. The zero-order valence-corrected chi connectivity index (χ0v) is 13.2. The van der Waals surface area contributed by atoms with E-state index in [4.69, 9.17) is 0 Å². The van der Waals surface area contributed by atoms with Gasteiger partial charge in [-0.3, -0.25) is 4.79 Å². The molecule has 0 fully saturated rings. The van der Waals surface area contributed by atoms with Gasteiger partial charge in [0.25, 0.3) is 0 Å². The molecule has 3 rings (SSSR count). The first-order chi connectivity index (χ1) is 10.7. The molecule has 3 aromatic carbocycles. The number of carbonyl (C=O) groups is 1. The molecule has 0 bridgehead atoms. The summed E-state index contributed by atoms with van der Waals surface area (Å²) < 4.78 is 14.1. The maximum atomic E-state index is 14.1. The van der Waals surface area contributed by atoms with E-state index in [0.717, 1.165) is 0 Å². The van der Waals surface area contributed by atoms with Gasteiger partial charge < -0.3 is 0 Å². The van der Waals surface area contributed by atoms with E-state index in [2.05, 4.69) is 33.5 Å². The summed E-state index contributed by atoms with van der Waals surface area (Å²) in [4.78, 5) is 11.6. The lowest BCUT2D eigenvalue weighted by molar-refractivity contribution is 0.108. The first-order valence-electron chi connectivity index (χ1n) is 7.20. The van der Waals surface area contributed by atoms with E-state index in [1.807, 2.05) is 18.2 Å². The average molecular weight is 310 g/mol. The largest absolute Gasteiger partial charge is 0.290 e. The summed E-state index contributed by atoms with van der Waals surface area (Å²) >= 11 is 0. The van der Waals surface area contributed by atoms with Gasteiger partial charge in [-0.05, 0) is 40.8 Å². The second-order valence-electron chi connectivity index (χ2n) is 5.27. The molecule has 0 spiro atoms. The number of aryl methyl sites for hydroxylation is 1. The lowest BCUT2D eigenvalue weighted by atomic mass is 9.96. The standard InChI is InChI=1S/C19H16FOP/c20-18-10-4-9-17(19(21)22)16(18)12-11-14-7-3-6-13-5-1-2-8-15(13)14/h1-10H,11-12,22H2. The van der Waals surface area contributed by atoms with Crippen molar-refractivity contribution in [1.82, 2.24) is 0 Å². The number of benzene rings is 3. The molecule has 0 aliphatic rings. The minimum Gasteiger partial charge on any atom is -0.290 e. The molecule has 22 heavy (non-hydrogen) atoms. The molecule has 0 aliphatic carbocycles. The zero-order chi connectivity index (χ0) is 15.5. The SMILES string of the molecule is O=C(P)c1cccc(F)c1CCc1cccc2ccccc12. The molecule has 1 unspecified atom stereocenters. The molecule has 0 saturated carbocycles. The van der Waals surface area contributed by atoms with E-state index >= 15 is 0 Å². The van der Waals surface area contributed by atoms with Crippen molar-refractivity contribution in [1.29, 1.82) is 0 Å². The number of carbonyl (C=O) groups excluding carboxylic acids is 1. The quantitative estimate of drug-likeness (QED) is 0.634. The van der Waals surface area contributed by atoms with Crippen LogP contribution < -0.4 is 0 Å². The number of hydrogen-bond acceptors (Lipinski definition) is 1. The van der Waals surface area contributed by atoms with Crippen LogP contribution in [0.1, 0.15) is 21.5 Å². The fourth-order valence-electron chi connectivity index (χ4n) is 2.81. The van der Waals surface area contributed by atoms with Crippen LogP contribution in [0.15, 0.2) is 60.7 Å². The van der Waals surface area contributed by atoms with Gasteiger partial charge >= 0.3 is 0 Å². The molecule has 110 valence electrons. The van der Waals surface area contributed by atoms with E-state index in [1.165, 1.54) is 22.4 Å². The van der Waals surface area contributed by atoms with Crippen molar-refractivity contribution < 1.29 is 9.18 Å². The number of hydrogen-bond donors (Lipinski definition) is 0. The van der Waals surface area contributed by atoms with Gasteiger partial charge in [0.15, 0.2) is 5.52 Å². The molecule has 0 aromatic heterocycles. The van der Waals surface area contributed by atoms with Crippen LogP contribution in [-0.4, -0.2) is 5.52 Å². The smallest absolute Gasteiger partial charge is 0.178 e. The molecule has 0 amide bonds. The molecule has 0 heterocycles. The van der Waals surface area contributed by atoms with Crippen molar-refractivity contribution >= 4 is 25.5 Å². The first kappa shape index (κ1) is 14.9. The summed E-state index contributed by atoms with van der Waals surface area (Å²) in [5, 5.41) is 2.36. The molecular weight excluding hydrogens is 294 g/mol. The Bertz CT molecular complexity index is 836. The molecule has 0 radical (unpaired) electrons. The average Bonchev–Trinajstić information content (AvgIpc) is 2.53. The highest BCUT2D eigenvalue weighted by Crippen LogP contribution is 2.23. The van der Waals surface area contributed by atoms with Crippen molar-refractivity contribution in [2.45, 2.75) is 12.8 Å². The van der Waals surface area contributed by atoms with Gasteiger partial charge in [0.05, 0.1) is 0 Å². The lowest BCUT2D eigenvalue weighted by Gasteiger charge is -2.10. The highest BCUT2D eigenvalue weighted by molar-refractivity contribution is 7.41. The van der Waals surface area contributed by atoms with Crippen molar-refractivity contribution in [2.24, 2.45) is 0 Å². The Morgan fingerprint density at radius 1 is 0.909 bits per heavy atom. The number of fused-ring (bicyclic) bond motifs is 1. The van der Waals surface area contributed by atoms with Crippen LogP contribution in [-0.2, 0) is 12.8 Å². The number of rotatable bonds is 4. The zero-order valence-electron chi connectivity index (χ0n) is 12.1. The van der Waals surface area contributed by atoms with E-state index in [1.54, 1.807) is 12.1 Å². The predicted molar refractivity (Wildman–Crippen MR) is 91.8 cm³/mol. The second kappa shape index (κ2) is 6.37. The summed E-state index contributed by atoms with van der Waals surface area (Å²) in [6, 6.07) is 19.0. The summed E-state index contributed by atoms with van der Waals surface area (Å²) in [5.41, 5.74) is 1.94. The topological polar surface area (TPSA) is 17.1 Å². The van der Waals surface area contributed by atoms with Crippen molar-refractivity contribution in [3.8, 4) is 0 Å². The first-order valence-corrected chi connectivity index (χ1v) is 7.78. The fourth-order valence-corrected chi connectivity index (χ4v) is 3.08. The summed E-state index contributed by atoms with van der Waals surface area (Å²) in [6.07, 6.45) is 1.21. The van der Waals surface area contributed by atoms with Gasteiger partial charge in [-0.25, -0.2) is 4.39 Å². The Balaban J connectivity index is 1.94. The van der Waals surface area contributed by atoms with Crippen molar-refractivity contribution in [3.63, 3.8) is 0 Å². The van der Waals surface area contributed by atoms with Crippen LogP contribution in [0.25, 0.3) is 10.8 Å². The molecule has 0 aliphatic heterocycles. The van der Waals surface area contributed by atoms with Gasteiger partial charge in [-0.15, -0.1) is 0 Å². The van der Waals surface area contributed by atoms with Crippen LogP contribution in [0.2, 0.25) is 0 Å². The Morgan fingerprint density at radius 3 is 2.45 bits per heavy atom. The number of halogens is 1. The van der Waals surface area contributed by atoms with Crippen LogP contribution in [0.3, 0.4) is 0 Å². The van der Waals surface area contributed by atoms with Gasteiger partial charge in [-0.2, -0.15) is 0 Å². The second-order valence-corrected chi connectivity index (χ2v) is 5.79.